The number of hydrogen-bond acceptors (Lipinski definition) is 6. The molecule has 2 amide bonds. The van der Waals surface area contributed by atoms with Gasteiger partial charge in [-0.1, -0.05) is 5.92 Å². The van der Waals surface area contributed by atoms with Crippen molar-refractivity contribution in [2.45, 2.75) is 24.1 Å². The summed E-state index contributed by atoms with van der Waals surface area (Å²) >= 11 is 5.96. The number of allylic oxidation sites excluding steroid dienone is 2. The molecule has 2 N–H and O–H groups in total. The lowest BCUT2D eigenvalue weighted by Gasteiger charge is -2.08. The number of hydrogen-bond donors (Lipinski definition) is 2. The molecule has 1 saturated carbocycles. The lowest BCUT2D eigenvalue weighted by atomic mass is 10.0. The number of alkyl halides is 1. The van der Waals surface area contributed by atoms with Crippen molar-refractivity contribution in [2.75, 3.05) is 7.05 Å². The summed E-state index contributed by atoms with van der Waals surface area (Å²) in [4.78, 5) is 26.9. The van der Waals surface area contributed by atoms with E-state index in [4.69, 9.17) is 11.6 Å². The minimum Gasteiger partial charge on any atom is -0.355 e. The quantitative estimate of drug-likeness (QED) is 0.329. The van der Waals surface area contributed by atoms with E-state index in [0.717, 1.165) is 6.42 Å². The fourth-order valence-corrected chi connectivity index (χ4v) is 3.01. The van der Waals surface area contributed by atoms with E-state index < -0.39 is 5.91 Å². The number of rotatable bonds is 5. The lowest BCUT2D eigenvalue weighted by molar-refractivity contribution is -0.115. The predicted octanol–water partition coefficient (Wildman–Crippen LogP) is 1.25. The van der Waals surface area contributed by atoms with Crippen LogP contribution in [0.3, 0.4) is 0 Å². The second-order valence-electron chi connectivity index (χ2n) is 6.40. The van der Waals surface area contributed by atoms with Crippen LogP contribution in [-0.4, -0.2) is 41.2 Å². The molecule has 29 heavy (non-hydrogen) atoms. The van der Waals surface area contributed by atoms with Gasteiger partial charge in [-0.15, -0.1) is 21.8 Å². The van der Waals surface area contributed by atoms with E-state index in [2.05, 4.69) is 37.7 Å². The summed E-state index contributed by atoms with van der Waals surface area (Å²) in [6, 6.07) is 3.69. The first-order chi connectivity index (χ1) is 14.1. The molecule has 1 aliphatic carbocycles. The van der Waals surface area contributed by atoms with Gasteiger partial charge in [0.15, 0.2) is 5.69 Å². The molecule has 0 aromatic carbocycles. The van der Waals surface area contributed by atoms with Gasteiger partial charge in [-0.3, -0.25) is 14.6 Å². The number of aromatic nitrogens is 2. The van der Waals surface area contributed by atoms with E-state index in [0.29, 0.717) is 24.1 Å². The van der Waals surface area contributed by atoms with Crippen molar-refractivity contribution in [1.29, 1.82) is 5.26 Å². The third kappa shape index (κ3) is 4.87. The zero-order chi connectivity index (χ0) is 20.8. The van der Waals surface area contributed by atoms with Crippen LogP contribution in [0, 0.1) is 29.1 Å². The predicted molar refractivity (Wildman–Crippen MR) is 107 cm³/mol. The van der Waals surface area contributed by atoms with Crippen molar-refractivity contribution in [3.05, 3.63) is 41.0 Å². The highest BCUT2D eigenvalue weighted by atomic mass is 35.5. The van der Waals surface area contributed by atoms with Gasteiger partial charge < -0.3 is 10.6 Å². The van der Waals surface area contributed by atoms with Crippen molar-refractivity contribution in [1.82, 2.24) is 20.8 Å². The van der Waals surface area contributed by atoms with Gasteiger partial charge in [0.2, 0.25) is 6.41 Å². The zero-order valence-electron chi connectivity index (χ0n) is 15.5. The standard InChI is InChI=1S/C20H17ClN6O2/c1-23-20(29)17(10-24-11-28)18-7-16(19(8-22)27-26-18)15-6-12(15)2-4-14-5-3-13(21)9-25-14/h5,7,9-13,15H,3,6H2,1H3,(H,23,29)(H,24,28)/b17-10-. The van der Waals surface area contributed by atoms with Crippen LogP contribution in [0.15, 0.2) is 29.0 Å². The van der Waals surface area contributed by atoms with Gasteiger partial charge in [0.05, 0.1) is 11.0 Å². The van der Waals surface area contributed by atoms with Crippen molar-refractivity contribution < 1.29 is 9.59 Å². The number of nitrogens with one attached hydrogen (secondary N) is 2. The van der Waals surface area contributed by atoms with Crippen molar-refractivity contribution in [3.63, 3.8) is 0 Å². The molecule has 0 saturated heterocycles. The number of likely N-dealkylation sites (N-methyl/N-ethyl adjacent to an activating group) is 1. The van der Waals surface area contributed by atoms with Gasteiger partial charge in [-0.25, -0.2) is 0 Å². The second kappa shape index (κ2) is 9.13. The summed E-state index contributed by atoms with van der Waals surface area (Å²) in [7, 11) is 1.47. The maximum absolute atomic E-state index is 12.1. The van der Waals surface area contributed by atoms with Crippen LogP contribution in [0.2, 0.25) is 0 Å². The highest BCUT2D eigenvalue weighted by molar-refractivity contribution is 6.28. The Bertz CT molecular complexity index is 1030. The molecular formula is C20H17ClN6O2. The lowest BCUT2D eigenvalue weighted by Crippen LogP contribution is -2.22. The second-order valence-corrected chi connectivity index (χ2v) is 6.96. The van der Waals surface area contributed by atoms with E-state index in [1.807, 2.05) is 12.1 Å². The van der Waals surface area contributed by atoms with Gasteiger partial charge in [0, 0.05) is 31.3 Å². The largest absolute Gasteiger partial charge is 0.355 e. The number of carbonyl (C=O) groups excluding carboxylic acids is 2. The number of amides is 2. The molecule has 146 valence electrons. The Morgan fingerprint density at radius 2 is 2.24 bits per heavy atom. The molecule has 3 atom stereocenters. The Morgan fingerprint density at radius 3 is 2.90 bits per heavy atom. The van der Waals surface area contributed by atoms with Crippen molar-refractivity contribution >= 4 is 35.7 Å². The van der Waals surface area contributed by atoms with E-state index in [1.54, 1.807) is 12.3 Å². The first-order valence-electron chi connectivity index (χ1n) is 8.87. The van der Waals surface area contributed by atoms with Crippen LogP contribution in [0.25, 0.3) is 5.57 Å². The first-order valence-corrected chi connectivity index (χ1v) is 9.31. The van der Waals surface area contributed by atoms with E-state index in [1.165, 1.54) is 13.2 Å². The molecular weight excluding hydrogens is 392 g/mol. The summed E-state index contributed by atoms with van der Waals surface area (Å²) < 4.78 is 0. The van der Waals surface area contributed by atoms with Gasteiger partial charge in [-0.05, 0) is 36.5 Å². The summed E-state index contributed by atoms with van der Waals surface area (Å²) in [5.74, 6) is 5.86. The molecule has 3 unspecified atom stereocenters. The third-order valence-electron chi connectivity index (χ3n) is 4.46. The summed E-state index contributed by atoms with van der Waals surface area (Å²) in [6.07, 6.45) is 6.73. The minimum atomic E-state index is -0.434. The summed E-state index contributed by atoms with van der Waals surface area (Å²) in [5.41, 5.74) is 1.96. The fraction of sp³-hybridized carbons (Fsp3) is 0.300. The molecule has 8 nitrogen and oxygen atoms in total. The minimum absolute atomic E-state index is 0.0188. The number of halogens is 1. The topological polar surface area (TPSA) is 120 Å². The van der Waals surface area contributed by atoms with Crippen LogP contribution in [0.5, 0.6) is 0 Å². The maximum Gasteiger partial charge on any atom is 0.254 e. The molecule has 0 spiro atoms. The molecule has 0 bridgehead atoms. The van der Waals surface area contributed by atoms with Crippen LogP contribution in [-0.2, 0) is 9.59 Å². The molecule has 1 aliphatic heterocycles. The summed E-state index contributed by atoms with van der Waals surface area (Å²) in [6.45, 7) is 0. The van der Waals surface area contributed by atoms with Crippen LogP contribution >= 0.6 is 11.6 Å². The Hall–Kier alpha value is -3.49. The number of nitrogens with zero attached hydrogens (tertiary/aromatic N) is 4. The maximum atomic E-state index is 12.1. The SMILES string of the molecule is CNC(=O)/C(=C\NC=O)c1cc(C2CC2C#CC2=CCC(Cl)C=N2)c(C#N)nn1. The Balaban J connectivity index is 1.84. The molecule has 1 aromatic heterocycles. The molecule has 9 heteroatoms. The number of carbonyl (C=O) groups is 2. The first kappa shape index (κ1) is 20.2. The highest BCUT2D eigenvalue weighted by Crippen LogP contribution is 2.48. The van der Waals surface area contributed by atoms with Gasteiger partial charge in [-0.2, -0.15) is 5.26 Å². The Labute approximate surface area is 172 Å². The van der Waals surface area contributed by atoms with Gasteiger partial charge in [0.1, 0.15) is 17.5 Å². The van der Waals surface area contributed by atoms with Gasteiger partial charge in [0.25, 0.3) is 5.91 Å². The van der Waals surface area contributed by atoms with Gasteiger partial charge >= 0.3 is 0 Å². The average molecular weight is 409 g/mol. The molecule has 1 aromatic rings. The Morgan fingerprint density at radius 1 is 1.41 bits per heavy atom. The van der Waals surface area contributed by atoms with E-state index in [-0.39, 0.29) is 34.2 Å². The molecule has 2 heterocycles. The Kier molecular flexibility index (Phi) is 6.38. The normalized spacial score (nSPS) is 22.4. The van der Waals surface area contributed by atoms with Crippen molar-refractivity contribution in [3.8, 4) is 17.9 Å². The van der Waals surface area contributed by atoms with Crippen LogP contribution in [0.4, 0.5) is 0 Å². The molecule has 0 radical (unpaired) electrons. The zero-order valence-corrected chi connectivity index (χ0v) is 16.3. The molecule has 1 fully saturated rings. The number of nitriles is 1. The van der Waals surface area contributed by atoms with Crippen LogP contribution in [0.1, 0.15) is 35.7 Å². The monoisotopic (exact) mass is 408 g/mol. The number of aliphatic imine (C=N–C) groups is 1. The average Bonchev–Trinajstić information content (AvgIpc) is 3.52. The summed E-state index contributed by atoms with van der Waals surface area (Å²) in [5, 5.41) is 22.0. The van der Waals surface area contributed by atoms with E-state index in [9.17, 15) is 14.9 Å². The van der Waals surface area contributed by atoms with Crippen molar-refractivity contribution in [2.24, 2.45) is 10.9 Å². The molecule has 3 rings (SSSR count). The van der Waals surface area contributed by atoms with Crippen LogP contribution < -0.4 is 10.6 Å². The fourth-order valence-electron chi connectivity index (χ4n) is 2.86. The molecule has 2 aliphatic rings. The van der Waals surface area contributed by atoms with E-state index >= 15 is 0 Å². The third-order valence-corrected chi connectivity index (χ3v) is 4.75. The smallest absolute Gasteiger partial charge is 0.254 e. The highest BCUT2D eigenvalue weighted by Gasteiger charge is 2.39.